The van der Waals surface area contributed by atoms with Crippen LogP contribution in [-0.4, -0.2) is 26.2 Å². The quantitative estimate of drug-likeness (QED) is 0.218. The van der Waals surface area contributed by atoms with E-state index < -0.39 is 0 Å². The molecule has 2 heterocycles. The van der Waals surface area contributed by atoms with Crippen molar-refractivity contribution in [2.75, 3.05) is 21.8 Å². The first kappa shape index (κ1) is 21.7. The number of anilines is 4. The molecule has 0 radical (unpaired) electrons. The number of rotatable bonds is 6. The number of amides is 1. The maximum absolute atomic E-state index is 12.3. The molecule has 0 saturated heterocycles. The van der Waals surface area contributed by atoms with E-state index in [0.717, 1.165) is 11.3 Å². The second-order valence-corrected chi connectivity index (χ2v) is 7.25. The number of carbonyl (C=O) groups excluding carboxylic acids is 1. The molecule has 164 valence electrons. The zero-order valence-electron chi connectivity index (χ0n) is 17.3. The number of nitrogen functional groups attached to an aromatic ring is 1. The van der Waals surface area contributed by atoms with Gasteiger partial charge in [-0.15, -0.1) is 10.2 Å². The van der Waals surface area contributed by atoms with Gasteiger partial charge in [-0.2, -0.15) is 0 Å². The van der Waals surface area contributed by atoms with Crippen LogP contribution in [0.15, 0.2) is 85.1 Å². The third-order valence-corrected chi connectivity index (χ3v) is 4.71. The molecular weight excluding hydrogens is 436 g/mol. The van der Waals surface area contributed by atoms with E-state index in [1.165, 1.54) is 6.20 Å². The van der Waals surface area contributed by atoms with Crippen LogP contribution < -0.4 is 27.2 Å². The minimum atomic E-state index is -0.355. The van der Waals surface area contributed by atoms with Gasteiger partial charge >= 0.3 is 0 Å². The first-order valence-corrected chi connectivity index (χ1v) is 10.3. The molecule has 9 nitrogen and oxygen atoms in total. The van der Waals surface area contributed by atoms with Crippen molar-refractivity contribution in [1.29, 1.82) is 0 Å². The Morgan fingerprint density at radius 3 is 2.27 bits per heavy atom. The van der Waals surface area contributed by atoms with Crippen LogP contribution in [0.2, 0.25) is 0 Å². The summed E-state index contributed by atoms with van der Waals surface area (Å²) in [6, 6.07) is 23.9. The van der Waals surface area contributed by atoms with Gasteiger partial charge in [0.05, 0.1) is 22.6 Å². The van der Waals surface area contributed by atoms with Crippen LogP contribution in [0.4, 0.5) is 23.0 Å². The smallest absolute Gasteiger partial charge is 0.271 e. The van der Waals surface area contributed by atoms with Gasteiger partial charge in [-0.05, 0) is 48.6 Å². The first-order chi connectivity index (χ1) is 16.1. The van der Waals surface area contributed by atoms with Crippen LogP contribution in [0.3, 0.4) is 0 Å². The summed E-state index contributed by atoms with van der Waals surface area (Å²) in [5, 5.41) is 14.8. The number of benzene rings is 2. The summed E-state index contributed by atoms with van der Waals surface area (Å²) in [5.74, 6) is 0.489. The molecule has 0 saturated carbocycles. The lowest BCUT2D eigenvalue weighted by Gasteiger charge is -2.15. The Labute approximate surface area is 195 Å². The summed E-state index contributed by atoms with van der Waals surface area (Å²) in [5.41, 5.74) is 14.4. The number of nitrogens with zero attached hydrogens (tertiary/aromatic N) is 3. The highest BCUT2D eigenvalue weighted by atomic mass is 32.1. The highest BCUT2D eigenvalue weighted by Gasteiger charge is 2.09. The van der Waals surface area contributed by atoms with Gasteiger partial charge < -0.3 is 16.4 Å². The van der Waals surface area contributed by atoms with Crippen molar-refractivity contribution < 1.29 is 4.79 Å². The van der Waals surface area contributed by atoms with Gasteiger partial charge in [-0.1, -0.05) is 42.5 Å². The fourth-order valence-electron chi connectivity index (χ4n) is 2.87. The minimum absolute atomic E-state index is 0.320. The fourth-order valence-corrected chi connectivity index (χ4v) is 3.08. The molecule has 33 heavy (non-hydrogen) atoms. The maximum Gasteiger partial charge on any atom is 0.271 e. The lowest BCUT2D eigenvalue weighted by molar-refractivity contribution is 0.0962. The number of nitrogens with two attached hydrogens (primary N) is 1. The van der Waals surface area contributed by atoms with Crippen molar-refractivity contribution in [2.45, 2.75) is 0 Å². The average Bonchev–Trinajstić information content (AvgIpc) is 2.85. The summed E-state index contributed by atoms with van der Waals surface area (Å²) in [7, 11) is 0. The van der Waals surface area contributed by atoms with Gasteiger partial charge in [-0.3, -0.25) is 15.6 Å². The number of thiocarbonyl (C=S) groups is 1. The number of hydrogen-bond donors (Lipinski definition) is 5. The standard InChI is InChI=1S/C23H20N8OS/c24-20-12-10-16(14-25-20)22(32)31-29-19-9-5-4-8-18(19)26-23(33)27-21-13-11-17(28-30-21)15-6-2-1-3-7-15/h1-14,29H,(H2,24,25)(H,31,32)(H2,26,27,30,33). The predicted octanol–water partition coefficient (Wildman–Crippen LogP) is 3.69. The minimum Gasteiger partial charge on any atom is -0.384 e. The van der Waals surface area contributed by atoms with E-state index in [1.807, 2.05) is 54.6 Å². The number of hydrazine groups is 1. The van der Waals surface area contributed by atoms with E-state index in [1.54, 1.807) is 24.3 Å². The van der Waals surface area contributed by atoms with Gasteiger partial charge in [0.15, 0.2) is 10.9 Å². The molecule has 4 aromatic rings. The number of aromatic nitrogens is 3. The van der Waals surface area contributed by atoms with Gasteiger partial charge in [-0.25, -0.2) is 4.98 Å². The number of nitrogens with one attached hydrogen (secondary N) is 4. The lowest BCUT2D eigenvalue weighted by Crippen LogP contribution is -2.30. The van der Waals surface area contributed by atoms with E-state index in [4.69, 9.17) is 18.0 Å². The Balaban J connectivity index is 1.36. The molecular formula is C23H20N8OS. The van der Waals surface area contributed by atoms with E-state index in [0.29, 0.717) is 33.7 Å². The highest BCUT2D eigenvalue weighted by molar-refractivity contribution is 7.80. The molecule has 0 atom stereocenters. The zero-order valence-corrected chi connectivity index (χ0v) is 18.1. The van der Waals surface area contributed by atoms with Crippen molar-refractivity contribution >= 4 is 46.2 Å². The number of hydrogen-bond acceptors (Lipinski definition) is 7. The van der Waals surface area contributed by atoms with Crippen LogP contribution in [-0.2, 0) is 0 Å². The Bertz CT molecular complexity index is 1250. The van der Waals surface area contributed by atoms with Crippen LogP contribution in [0.25, 0.3) is 11.3 Å². The number of pyridine rings is 1. The molecule has 0 spiro atoms. The molecule has 0 bridgehead atoms. The number of para-hydroxylation sites is 2. The van der Waals surface area contributed by atoms with Crippen molar-refractivity contribution in [3.8, 4) is 11.3 Å². The molecule has 1 amide bonds. The second kappa shape index (κ2) is 10.2. The molecule has 2 aromatic heterocycles. The summed E-state index contributed by atoms with van der Waals surface area (Å²) in [6.45, 7) is 0. The monoisotopic (exact) mass is 456 g/mol. The fraction of sp³-hybridized carbons (Fsp3) is 0. The molecule has 0 fully saturated rings. The maximum atomic E-state index is 12.3. The van der Waals surface area contributed by atoms with Crippen LogP contribution in [0.1, 0.15) is 10.4 Å². The molecule has 6 N–H and O–H groups in total. The third kappa shape index (κ3) is 5.77. The van der Waals surface area contributed by atoms with Gasteiger partial charge in [0.1, 0.15) is 5.82 Å². The summed E-state index contributed by atoms with van der Waals surface area (Å²) < 4.78 is 0. The van der Waals surface area contributed by atoms with Crippen molar-refractivity contribution in [3.05, 3.63) is 90.6 Å². The molecule has 10 heteroatoms. The molecule has 2 aromatic carbocycles. The Morgan fingerprint density at radius 2 is 1.58 bits per heavy atom. The number of carbonyl (C=O) groups is 1. The molecule has 4 rings (SSSR count). The summed E-state index contributed by atoms with van der Waals surface area (Å²) >= 11 is 5.40. The predicted molar refractivity (Wildman–Crippen MR) is 133 cm³/mol. The highest BCUT2D eigenvalue weighted by Crippen LogP contribution is 2.21. The topological polar surface area (TPSA) is 130 Å². The zero-order chi connectivity index (χ0) is 23.0. The van der Waals surface area contributed by atoms with E-state index in [2.05, 4.69) is 36.7 Å². The van der Waals surface area contributed by atoms with Crippen molar-refractivity contribution in [1.82, 2.24) is 20.6 Å². The van der Waals surface area contributed by atoms with Crippen LogP contribution >= 0.6 is 12.2 Å². The first-order valence-electron chi connectivity index (χ1n) is 9.92. The molecule has 0 aliphatic carbocycles. The summed E-state index contributed by atoms with van der Waals surface area (Å²) in [4.78, 5) is 16.2. The largest absolute Gasteiger partial charge is 0.384 e. The van der Waals surface area contributed by atoms with Gasteiger partial charge in [0.2, 0.25) is 0 Å². The van der Waals surface area contributed by atoms with E-state index in [-0.39, 0.29) is 5.91 Å². The SMILES string of the molecule is Nc1ccc(C(=O)NNc2ccccc2NC(=S)Nc2ccc(-c3ccccc3)nn2)cn1. The Kier molecular flexibility index (Phi) is 6.67. The van der Waals surface area contributed by atoms with Crippen LogP contribution in [0.5, 0.6) is 0 Å². The van der Waals surface area contributed by atoms with Crippen molar-refractivity contribution in [2.24, 2.45) is 0 Å². The lowest BCUT2D eigenvalue weighted by atomic mass is 10.1. The van der Waals surface area contributed by atoms with Gasteiger partial charge in [0.25, 0.3) is 5.91 Å². The van der Waals surface area contributed by atoms with E-state index >= 15 is 0 Å². The third-order valence-electron chi connectivity index (χ3n) is 4.51. The Morgan fingerprint density at radius 1 is 0.818 bits per heavy atom. The van der Waals surface area contributed by atoms with Crippen molar-refractivity contribution in [3.63, 3.8) is 0 Å². The average molecular weight is 457 g/mol. The normalized spacial score (nSPS) is 10.2. The summed E-state index contributed by atoms with van der Waals surface area (Å²) in [6.07, 6.45) is 1.40. The second-order valence-electron chi connectivity index (χ2n) is 6.85. The van der Waals surface area contributed by atoms with Crippen LogP contribution in [0, 0.1) is 0 Å². The molecule has 0 aliphatic heterocycles. The van der Waals surface area contributed by atoms with E-state index in [9.17, 15) is 4.79 Å². The Hall–Kier alpha value is -4.57. The van der Waals surface area contributed by atoms with Gasteiger partial charge in [0, 0.05) is 11.8 Å². The molecule has 0 unspecified atom stereocenters. The molecule has 0 aliphatic rings.